The summed E-state index contributed by atoms with van der Waals surface area (Å²) in [6.45, 7) is 6.07. The number of hydrogen-bond donors (Lipinski definition) is 0. The molecule has 0 radical (unpaired) electrons. The zero-order chi connectivity index (χ0) is 19.0. The van der Waals surface area contributed by atoms with Crippen molar-refractivity contribution in [2.24, 2.45) is 5.92 Å². The Bertz CT molecular complexity index is 1040. The molecule has 0 unspecified atom stereocenters. The molecule has 0 saturated carbocycles. The Balaban J connectivity index is 1.48. The molecule has 0 spiro atoms. The van der Waals surface area contributed by atoms with Gasteiger partial charge in [-0.15, -0.1) is 0 Å². The highest BCUT2D eigenvalue weighted by Gasteiger charge is 2.22. The third kappa shape index (κ3) is 3.41. The SMILES string of the molecule is Cc1ncn(CC2CCN(c3ncnc4cc(F)ccc34)CC2)c(=O)c1C. The van der Waals surface area contributed by atoms with Gasteiger partial charge in [0.2, 0.25) is 0 Å². The van der Waals surface area contributed by atoms with Crippen molar-refractivity contribution in [3.05, 3.63) is 58.3 Å². The predicted molar refractivity (Wildman–Crippen MR) is 102 cm³/mol. The fourth-order valence-electron chi connectivity index (χ4n) is 3.68. The number of piperidine rings is 1. The largest absolute Gasteiger partial charge is 0.356 e. The molecule has 1 aliphatic rings. The van der Waals surface area contributed by atoms with Crippen LogP contribution in [-0.2, 0) is 6.54 Å². The Labute approximate surface area is 156 Å². The summed E-state index contributed by atoms with van der Waals surface area (Å²) < 4.78 is 15.2. The van der Waals surface area contributed by atoms with Gasteiger partial charge < -0.3 is 4.90 Å². The number of aryl methyl sites for hydroxylation is 1. The van der Waals surface area contributed by atoms with E-state index in [1.54, 1.807) is 17.0 Å². The minimum Gasteiger partial charge on any atom is -0.356 e. The second-order valence-electron chi connectivity index (χ2n) is 7.20. The first-order chi connectivity index (χ1) is 13.0. The maximum Gasteiger partial charge on any atom is 0.256 e. The number of benzene rings is 1. The summed E-state index contributed by atoms with van der Waals surface area (Å²) in [5.74, 6) is 0.982. The molecular weight excluding hydrogens is 345 g/mol. The van der Waals surface area contributed by atoms with Crippen LogP contribution in [0.25, 0.3) is 10.9 Å². The zero-order valence-corrected chi connectivity index (χ0v) is 15.5. The predicted octanol–water partition coefficient (Wildman–Crippen LogP) is 2.86. The smallest absolute Gasteiger partial charge is 0.256 e. The summed E-state index contributed by atoms with van der Waals surface area (Å²) in [6.07, 6.45) is 5.07. The number of aromatic nitrogens is 4. The van der Waals surface area contributed by atoms with Crippen molar-refractivity contribution in [2.75, 3.05) is 18.0 Å². The van der Waals surface area contributed by atoms with Crippen molar-refractivity contribution < 1.29 is 4.39 Å². The molecule has 3 heterocycles. The first kappa shape index (κ1) is 17.6. The maximum absolute atomic E-state index is 13.4. The van der Waals surface area contributed by atoms with Crippen molar-refractivity contribution >= 4 is 16.7 Å². The molecule has 3 aromatic rings. The average molecular weight is 367 g/mol. The molecule has 7 heteroatoms. The molecule has 2 aromatic heterocycles. The van der Waals surface area contributed by atoms with Crippen molar-refractivity contribution in [1.29, 1.82) is 0 Å². The molecule has 0 bridgehead atoms. The van der Waals surface area contributed by atoms with Crippen LogP contribution in [0, 0.1) is 25.6 Å². The molecule has 0 N–H and O–H groups in total. The van der Waals surface area contributed by atoms with Crippen LogP contribution in [0.15, 0.2) is 35.6 Å². The highest BCUT2D eigenvalue weighted by Crippen LogP contribution is 2.28. The molecule has 1 aliphatic heterocycles. The zero-order valence-electron chi connectivity index (χ0n) is 15.5. The molecular formula is C20H22FN5O. The highest BCUT2D eigenvalue weighted by atomic mass is 19.1. The number of hydrogen-bond acceptors (Lipinski definition) is 5. The number of rotatable bonds is 3. The van der Waals surface area contributed by atoms with E-state index in [1.807, 2.05) is 13.8 Å². The molecule has 27 heavy (non-hydrogen) atoms. The second-order valence-corrected chi connectivity index (χ2v) is 7.20. The third-order valence-corrected chi connectivity index (χ3v) is 5.46. The lowest BCUT2D eigenvalue weighted by Crippen LogP contribution is -2.37. The van der Waals surface area contributed by atoms with Crippen molar-refractivity contribution in [3.8, 4) is 0 Å². The first-order valence-electron chi connectivity index (χ1n) is 9.21. The number of anilines is 1. The normalized spacial score (nSPS) is 15.4. The molecule has 0 amide bonds. The van der Waals surface area contributed by atoms with Gasteiger partial charge in [-0.25, -0.2) is 19.3 Å². The van der Waals surface area contributed by atoms with Crippen LogP contribution in [0.2, 0.25) is 0 Å². The molecule has 0 atom stereocenters. The minimum absolute atomic E-state index is 0.0498. The minimum atomic E-state index is -0.293. The summed E-state index contributed by atoms with van der Waals surface area (Å²) >= 11 is 0. The van der Waals surface area contributed by atoms with E-state index in [0.29, 0.717) is 18.0 Å². The van der Waals surface area contributed by atoms with Gasteiger partial charge in [0.25, 0.3) is 5.56 Å². The summed E-state index contributed by atoms with van der Waals surface area (Å²) in [4.78, 5) is 27.5. The van der Waals surface area contributed by atoms with Gasteiger partial charge in [0.05, 0.1) is 11.8 Å². The summed E-state index contributed by atoms with van der Waals surface area (Å²) in [5.41, 5.74) is 2.18. The van der Waals surface area contributed by atoms with Gasteiger partial charge in [-0.1, -0.05) is 0 Å². The average Bonchev–Trinajstić information content (AvgIpc) is 2.68. The van der Waals surface area contributed by atoms with Crippen LogP contribution in [-0.4, -0.2) is 32.6 Å². The fraction of sp³-hybridized carbons (Fsp3) is 0.400. The van der Waals surface area contributed by atoms with E-state index in [0.717, 1.165) is 48.4 Å². The molecule has 1 saturated heterocycles. The molecule has 0 aliphatic carbocycles. The third-order valence-electron chi connectivity index (χ3n) is 5.46. The molecule has 140 valence electrons. The van der Waals surface area contributed by atoms with Gasteiger partial charge in [0.15, 0.2) is 0 Å². The lowest BCUT2D eigenvalue weighted by Gasteiger charge is -2.33. The number of nitrogens with zero attached hydrogens (tertiary/aromatic N) is 5. The van der Waals surface area contributed by atoms with Crippen LogP contribution in [0.4, 0.5) is 10.2 Å². The number of fused-ring (bicyclic) bond motifs is 1. The summed E-state index contributed by atoms with van der Waals surface area (Å²) in [5, 5.41) is 0.868. The molecule has 6 nitrogen and oxygen atoms in total. The number of halogens is 1. The molecule has 4 rings (SSSR count). The van der Waals surface area contributed by atoms with E-state index in [1.165, 1.54) is 18.5 Å². The Hall–Kier alpha value is -2.83. The van der Waals surface area contributed by atoms with E-state index < -0.39 is 0 Å². The van der Waals surface area contributed by atoms with E-state index >= 15 is 0 Å². The Morgan fingerprint density at radius 1 is 1.15 bits per heavy atom. The standard InChI is InChI=1S/C20H22FN5O/c1-13-14(2)24-12-26(20(13)27)10-15-5-7-25(8-6-15)19-17-4-3-16(21)9-18(17)22-11-23-19/h3-4,9,11-12,15H,5-8,10H2,1-2H3. The molecule has 1 aromatic carbocycles. The van der Waals surface area contributed by atoms with Gasteiger partial charge in [0, 0.05) is 42.3 Å². The Morgan fingerprint density at radius 3 is 2.70 bits per heavy atom. The topological polar surface area (TPSA) is 63.9 Å². The van der Waals surface area contributed by atoms with Gasteiger partial charge in [-0.3, -0.25) is 9.36 Å². The highest BCUT2D eigenvalue weighted by molar-refractivity contribution is 5.89. The Kier molecular flexibility index (Phi) is 4.59. The monoisotopic (exact) mass is 367 g/mol. The maximum atomic E-state index is 13.4. The lowest BCUT2D eigenvalue weighted by atomic mass is 9.96. The van der Waals surface area contributed by atoms with E-state index in [2.05, 4.69) is 19.9 Å². The van der Waals surface area contributed by atoms with Gasteiger partial charge in [-0.05, 0) is 44.7 Å². The van der Waals surface area contributed by atoms with Crippen LogP contribution >= 0.6 is 0 Å². The molecule has 1 fully saturated rings. The summed E-state index contributed by atoms with van der Waals surface area (Å²) in [7, 11) is 0. The Morgan fingerprint density at radius 2 is 1.93 bits per heavy atom. The summed E-state index contributed by atoms with van der Waals surface area (Å²) in [6, 6.07) is 4.62. The van der Waals surface area contributed by atoms with Gasteiger partial charge in [-0.2, -0.15) is 0 Å². The van der Waals surface area contributed by atoms with Crippen molar-refractivity contribution in [2.45, 2.75) is 33.2 Å². The van der Waals surface area contributed by atoms with Crippen LogP contribution in [0.3, 0.4) is 0 Å². The van der Waals surface area contributed by atoms with E-state index in [4.69, 9.17) is 0 Å². The van der Waals surface area contributed by atoms with Crippen LogP contribution < -0.4 is 10.5 Å². The lowest BCUT2D eigenvalue weighted by molar-refractivity contribution is 0.350. The fourth-order valence-corrected chi connectivity index (χ4v) is 3.68. The van der Waals surface area contributed by atoms with Gasteiger partial charge >= 0.3 is 0 Å². The first-order valence-corrected chi connectivity index (χ1v) is 9.21. The second kappa shape index (κ2) is 7.06. The van der Waals surface area contributed by atoms with Crippen LogP contribution in [0.1, 0.15) is 24.1 Å². The van der Waals surface area contributed by atoms with E-state index in [9.17, 15) is 9.18 Å². The quantitative estimate of drug-likeness (QED) is 0.712. The van der Waals surface area contributed by atoms with Gasteiger partial charge in [0.1, 0.15) is 18.0 Å². The van der Waals surface area contributed by atoms with Crippen LogP contribution in [0.5, 0.6) is 0 Å². The van der Waals surface area contributed by atoms with Crippen molar-refractivity contribution in [3.63, 3.8) is 0 Å². The van der Waals surface area contributed by atoms with Crippen molar-refractivity contribution in [1.82, 2.24) is 19.5 Å². The van der Waals surface area contributed by atoms with E-state index in [-0.39, 0.29) is 11.4 Å².